The van der Waals surface area contributed by atoms with Crippen molar-refractivity contribution in [2.45, 2.75) is 52.4 Å². The molecule has 0 bridgehead atoms. The molecule has 0 aliphatic carbocycles. The first-order chi connectivity index (χ1) is 24.0. The van der Waals surface area contributed by atoms with Crippen LogP contribution in [0.25, 0.3) is 66.1 Å². The van der Waals surface area contributed by atoms with Gasteiger partial charge in [-0.15, -0.1) is 0 Å². The molecule has 4 nitrogen and oxygen atoms in total. The molecule has 0 spiro atoms. The van der Waals surface area contributed by atoms with E-state index in [9.17, 15) is 10.5 Å². The predicted molar refractivity (Wildman–Crippen MR) is 207 cm³/mol. The minimum atomic E-state index is -0.0503. The molecule has 8 aromatic rings. The summed E-state index contributed by atoms with van der Waals surface area (Å²) in [6.07, 6.45) is 0. The summed E-state index contributed by atoms with van der Waals surface area (Å²) >= 11 is 0. The molecule has 0 unspecified atom stereocenters. The quantitative estimate of drug-likeness (QED) is 0.192. The summed E-state index contributed by atoms with van der Waals surface area (Å²) in [5.74, 6) is 0. The molecular formula is C46H38N4. The molecule has 0 aliphatic rings. The summed E-state index contributed by atoms with van der Waals surface area (Å²) in [4.78, 5) is 0. The van der Waals surface area contributed by atoms with Gasteiger partial charge in [-0.3, -0.25) is 0 Å². The van der Waals surface area contributed by atoms with Gasteiger partial charge >= 0.3 is 0 Å². The van der Waals surface area contributed by atoms with Crippen molar-refractivity contribution in [3.05, 3.63) is 144 Å². The number of fused-ring (bicyclic) bond motifs is 6. The van der Waals surface area contributed by atoms with Crippen molar-refractivity contribution < 1.29 is 0 Å². The van der Waals surface area contributed by atoms with E-state index < -0.39 is 0 Å². The number of hydrogen-bond acceptors (Lipinski definition) is 2. The van der Waals surface area contributed by atoms with Crippen molar-refractivity contribution in [3.8, 4) is 34.6 Å². The first-order valence-electron chi connectivity index (χ1n) is 17.1. The van der Waals surface area contributed by atoms with Crippen LogP contribution in [0.3, 0.4) is 0 Å². The van der Waals surface area contributed by atoms with Crippen molar-refractivity contribution >= 4 is 43.6 Å². The highest BCUT2D eigenvalue weighted by molar-refractivity contribution is 6.17. The Morgan fingerprint density at radius 3 is 1.84 bits per heavy atom. The summed E-state index contributed by atoms with van der Waals surface area (Å²) < 4.78 is 4.57. The van der Waals surface area contributed by atoms with Gasteiger partial charge in [0.2, 0.25) is 0 Å². The highest BCUT2D eigenvalue weighted by atomic mass is 15.0. The molecule has 50 heavy (non-hydrogen) atoms. The van der Waals surface area contributed by atoms with E-state index in [0.717, 1.165) is 49.8 Å². The highest BCUT2D eigenvalue weighted by Crippen LogP contribution is 2.43. The van der Waals surface area contributed by atoms with E-state index in [1.54, 1.807) is 12.1 Å². The van der Waals surface area contributed by atoms with Crippen LogP contribution in [0.15, 0.2) is 121 Å². The first-order valence-corrected chi connectivity index (χ1v) is 17.1. The normalized spacial score (nSPS) is 12.2. The van der Waals surface area contributed by atoms with Crippen LogP contribution in [0.2, 0.25) is 0 Å². The Morgan fingerprint density at radius 2 is 1.18 bits per heavy atom. The minimum absolute atomic E-state index is 0.0331. The van der Waals surface area contributed by atoms with Gasteiger partial charge in [0.25, 0.3) is 0 Å². The molecule has 0 radical (unpaired) electrons. The fraction of sp³-hybridized carbons (Fsp3) is 0.174. The zero-order chi connectivity index (χ0) is 34.9. The van der Waals surface area contributed by atoms with E-state index in [1.165, 1.54) is 27.4 Å². The Hall–Kier alpha value is -6.10. The van der Waals surface area contributed by atoms with Crippen LogP contribution in [0.4, 0.5) is 0 Å². The van der Waals surface area contributed by atoms with Gasteiger partial charge in [0.05, 0.1) is 45.0 Å². The maximum Gasteiger partial charge on any atom is 0.101 e. The molecule has 0 saturated carbocycles. The Bertz CT molecular complexity index is 2730. The number of benzene rings is 6. The summed E-state index contributed by atoms with van der Waals surface area (Å²) in [7, 11) is 0. The molecule has 0 fully saturated rings. The molecule has 8 rings (SSSR count). The highest BCUT2D eigenvalue weighted by Gasteiger charge is 2.23. The van der Waals surface area contributed by atoms with E-state index in [2.05, 4.69) is 166 Å². The van der Waals surface area contributed by atoms with Crippen molar-refractivity contribution in [2.24, 2.45) is 0 Å². The van der Waals surface area contributed by atoms with E-state index in [4.69, 9.17) is 0 Å². The van der Waals surface area contributed by atoms with Gasteiger partial charge in [-0.05, 0) is 99.8 Å². The van der Waals surface area contributed by atoms with Crippen LogP contribution in [0.5, 0.6) is 0 Å². The Morgan fingerprint density at radius 1 is 0.500 bits per heavy atom. The first kappa shape index (κ1) is 31.2. The molecule has 0 aliphatic heterocycles. The van der Waals surface area contributed by atoms with E-state index >= 15 is 0 Å². The molecule has 4 heteroatoms. The lowest BCUT2D eigenvalue weighted by Gasteiger charge is -2.19. The monoisotopic (exact) mass is 646 g/mol. The van der Waals surface area contributed by atoms with Gasteiger partial charge in [-0.25, -0.2) is 0 Å². The average Bonchev–Trinajstić information content (AvgIpc) is 3.62. The van der Waals surface area contributed by atoms with Gasteiger partial charge in [-0.1, -0.05) is 96.1 Å². The molecule has 0 saturated heterocycles. The lowest BCUT2D eigenvalue weighted by molar-refractivity contribution is 0.591. The maximum atomic E-state index is 10.2. The van der Waals surface area contributed by atoms with Gasteiger partial charge in [0, 0.05) is 27.2 Å². The van der Waals surface area contributed by atoms with E-state index in [1.807, 2.05) is 6.07 Å². The number of para-hydroxylation sites is 1. The van der Waals surface area contributed by atoms with Crippen LogP contribution in [0, 0.1) is 22.7 Å². The number of nitrogens with zero attached hydrogens (tertiary/aromatic N) is 4. The third kappa shape index (κ3) is 4.88. The molecule has 2 heterocycles. The molecule has 2 aromatic heterocycles. The standard InChI is InChI=1S/C46H38N4/c1-45(2,3)32-17-21-40-37(25-32)36-19-16-30(24-43(36)49(40)34-11-8-7-9-12-34)35-13-10-14-42-44(35)38-26-33(46(4,5)6)18-22-41(38)50(42)39-20-15-29(27-47)23-31(39)28-48/h7-26H,1-6H3. The zero-order valence-electron chi connectivity index (χ0n) is 29.3. The molecule has 242 valence electrons. The smallest absolute Gasteiger partial charge is 0.101 e. The largest absolute Gasteiger partial charge is 0.309 e. The topological polar surface area (TPSA) is 57.4 Å². The number of rotatable bonds is 3. The third-order valence-corrected chi connectivity index (χ3v) is 10.1. The van der Waals surface area contributed by atoms with Crippen molar-refractivity contribution in [3.63, 3.8) is 0 Å². The lowest BCUT2D eigenvalue weighted by Crippen LogP contribution is -2.10. The van der Waals surface area contributed by atoms with Gasteiger partial charge in [0.15, 0.2) is 0 Å². The zero-order valence-corrected chi connectivity index (χ0v) is 29.3. The molecule has 0 N–H and O–H groups in total. The van der Waals surface area contributed by atoms with Crippen LogP contribution in [-0.2, 0) is 10.8 Å². The SMILES string of the molecule is CC(C)(C)c1ccc2c(c1)c1ccc(-c3cccc4c3c3cc(C(C)(C)C)ccc3n4-c3ccc(C#N)cc3C#N)cc1n2-c1ccccc1. The van der Waals surface area contributed by atoms with Crippen molar-refractivity contribution in [2.75, 3.05) is 0 Å². The number of hydrogen-bond donors (Lipinski definition) is 0. The number of aromatic nitrogens is 2. The fourth-order valence-corrected chi connectivity index (χ4v) is 7.44. The maximum absolute atomic E-state index is 10.2. The summed E-state index contributed by atoms with van der Waals surface area (Å²) in [5.41, 5.74) is 12.0. The van der Waals surface area contributed by atoms with Crippen molar-refractivity contribution in [1.82, 2.24) is 9.13 Å². The second-order valence-electron chi connectivity index (χ2n) is 15.4. The van der Waals surface area contributed by atoms with Gasteiger partial charge in [0.1, 0.15) is 6.07 Å². The predicted octanol–water partition coefficient (Wildman–Crippen LogP) is 11.9. The van der Waals surface area contributed by atoms with E-state index in [-0.39, 0.29) is 10.8 Å². The Balaban J connectivity index is 1.47. The minimum Gasteiger partial charge on any atom is -0.309 e. The molecule has 0 amide bonds. The van der Waals surface area contributed by atoms with Crippen LogP contribution in [0.1, 0.15) is 63.8 Å². The fourth-order valence-electron chi connectivity index (χ4n) is 7.44. The number of nitriles is 2. The lowest BCUT2D eigenvalue weighted by atomic mass is 9.86. The van der Waals surface area contributed by atoms with Crippen LogP contribution < -0.4 is 0 Å². The van der Waals surface area contributed by atoms with Crippen molar-refractivity contribution in [1.29, 1.82) is 10.5 Å². The van der Waals surface area contributed by atoms with Gasteiger partial charge < -0.3 is 9.13 Å². The van der Waals surface area contributed by atoms with Gasteiger partial charge in [-0.2, -0.15) is 10.5 Å². The summed E-state index contributed by atoms with van der Waals surface area (Å²) in [5, 5.41) is 24.6. The summed E-state index contributed by atoms with van der Waals surface area (Å²) in [6.45, 7) is 13.5. The summed E-state index contributed by atoms with van der Waals surface area (Å²) in [6, 6.07) is 47.5. The van der Waals surface area contributed by atoms with Crippen LogP contribution >= 0.6 is 0 Å². The molecule has 6 aromatic carbocycles. The van der Waals surface area contributed by atoms with Crippen LogP contribution in [-0.4, -0.2) is 9.13 Å². The second kappa shape index (κ2) is 11.2. The second-order valence-corrected chi connectivity index (χ2v) is 15.4. The molecular weight excluding hydrogens is 609 g/mol. The Labute approximate surface area is 293 Å². The third-order valence-electron chi connectivity index (χ3n) is 10.1. The molecule has 0 atom stereocenters. The Kier molecular flexibility index (Phi) is 7.00. The van der Waals surface area contributed by atoms with E-state index in [0.29, 0.717) is 11.1 Å². The average molecular weight is 647 g/mol.